The van der Waals surface area contributed by atoms with E-state index in [9.17, 15) is 5.11 Å². The number of β-amino-alcohol motifs (C(OH)–C–C–N with tert-alkyl or cyclic N) is 1. The molecule has 0 saturated carbocycles. The Morgan fingerprint density at radius 2 is 2.47 bits per heavy atom. The van der Waals surface area contributed by atoms with Gasteiger partial charge in [0.25, 0.3) is 0 Å². The Morgan fingerprint density at radius 1 is 1.67 bits per heavy atom. The number of rotatable bonds is 2. The fraction of sp³-hybridized carbons (Fsp3) is 0.778. The normalized spacial score (nSPS) is 28.2. The minimum absolute atomic E-state index is 0.232. The van der Waals surface area contributed by atoms with Crippen molar-refractivity contribution in [3.63, 3.8) is 0 Å². The van der Waals surface area contributed by atoms with Crippen molar-refractivity contribution >= 4 is 23.1 Å². The Morgan fingerprint density at radius 3 is 3.07 bits per heavy atom. The van der Waals surface area contributed by atoms with Crippen LogP contribution in [0.2, 0.25) is 4.34 Å². The van der Waals surface area contributed by atoms with Crippen molar-refractivity contribution in [3.05, 3.63) is 10.0 Å². The van der Waals surface area contributed by atoms with E-state index in [2.05, 4.69) is 21.4 Å². The summed E-state index contributed by atoms with van der Waals surface area (Å²) in [5, 5.41) is 13.7. The summed E-state index contributed by atoms with van der Waals surface area (Å²) < 4.78 is 4.45. The number of piperidine rings is 1. The average molecular weight is 248 g/mol. The molecule has 84 valence electrons. The van der Waals surface area contributed by atoms with E-state index < -0.39 is 0 Å². The molecule has 2 heterocycles. The zero-order chi connectivity index (χ0) is 10.8. The summed E-state index contributed by atoms with van der Waals surface area (Å²) in [7, 11) is 0. The minimum Gasteiger partial charge on any atom is -0.392 e. The first-order valence-electron chi connectivity index (χ1n) is 5.04. The molecule has 15 heavy (non-hydrogen) atoms. The molecule has 2 rings (SSSR count). The second-order valence-electron chi connectivity index (χ2n) is 4.06. The van der Waals surface area contributed by atoms with Gasteiger partial charge in [0.1, 0.15) is 10.0 Å². The van der Waals surface area contributed by atoms with Crippen molar-refractivity contribution in [1.82, 2.24) is 14.5 Å². The van der Waals surface area contributed by atoms with E-state index in [0.29, 0.717) is 23.3 Å². The molecule has 2 atom stereocenters. The highest BCUT2D eigenvalue weighted by Crippen LogP contribution is 2.22. The monoisotopic (exact) mass is 247 g/mol. The minimum atomic E-state index is -0.232. The lowest BCUT2D eigenvalue weighted by Crippen LogP contribution is -2.42. The SMILES string of the molecule is CC1CCN(Cc2nnsc2Cl)CC1O. The molecule has 1 N–H and O–H groups in total. The van der Waals surface area contributed by atoms with Gasteiger partial charge in [-0.15, -0.1) is 5.10 Å². The number of hydrogen-bond donors (Lipinski definition) is 1. The van der Waals surface area contributed by atoms with Crippen LogP contribution in [-0.4, -0.2) is 38.8 Å². The van der Waals surface area contributed by atoms with Crippen LogP contribution in [0.1, 0.15) is 19.0 Å². The summed E-state index contributed by atoms with van der Waals surface area (Å²) in [6.07, 6.45) is 0.792. The van der Waals surface area contributed by atoms with E-state index >= 15 is 0 Å². The van der Waals surface area contributed by atoms with Crippen molar-refractivity contribution < 1.29 is 5.11 Å². The van der Waals surface area contributed by atoms with Crippen LogP contribution < -0.4 is 0 Å². The van der Waals surface area contributed by atoms with Crippen molar-refractivity contribution in [2.75, 3.05) is 13.1 Å². The predicted molar refractivity (Wildman–Crippen MR) is 60.0 cm³/mol. The third-order valence-corrected chi connectivity index (χ3v) is 3.87. The molecule has 1 aromatic heterocycles. The second kappa shape index (κ2) is 4.74. The molecule has 1 fully saturated rings. The summed E-state index contributed by atoms with van der Waals surface area (Å²) in [5.74, 6) is 0.394. The highest BCUT2D eigenvalue weighted by atomic mass is 35.5. The van der Waals surface area contributed by atoms with Crippen LogP contribution in [-0.2, 0) is 6.54 Å². The lowest BCUT2D eigenvalue weighted by molar-refractivity contribution is 0.0254. The molecule has 0 amide bonds. The molecule has 0 bridgehead atoms. The maximum Gasteiger partial charge on any atom is 0.138 e. The van der Waals surface area contributed by atoms with Gasteiger partial charge in [0.15, 0.2) is 0 Å². The number of aliphatic hydroxyl groups excluding tert-OH is 1. The van der Waals surface area contributed by atoms with Crippen LogP contribution in [0.3, 0.4) is 0 Å². The van der Waals surface area contributed by atoms with Crippen LogP contribution in [0, 0.1) is 5.92 Å². The van der Waals surface area contributed by atoms with Gasteiger partial charge < -0.3 is 5.11 Å². The Balaban J connectivity index is 1.94. The summed E-state index contributed by atoms with van der Waals surface area (Å²) in [6.45, 7) is 4.47. The van der Waals surface area contributed by atoms with Crippen LogP contribution >= 0.6 is 23.1 Å². The predicted octanol–water partition coefficient (Wildman–Crippen LogP) is 1.39. The van der Waals surface area contributed by atoms with Gasteiger partial charge in [-0.1, -0.05) is 23.0 Å². The first kappa shape index (κ1) is 11.3. The van der Waals surface area contributed by atoms with Crippen LogP contribution in [0.5, 0.6) is 0 Å². The molecule has 0 spiro atoms. The zero-order valence-corrected chi connectivity index (χ0v) is 10.1. The van der Waals surface area contributed by atoms with Crippen molar-refractivity contribution in [2.45, 2.75) is 26.0 Å². The Hall–Kier alpha value is -0.230. The Kier molecular flexibility index (Phi) is 3.56. The fourth-order valence-electron chi connectivity index (χ4n) is 1.76. The number of hydrogen-bond acceptors (Lipinski definition) is 5. The molecular weight excluding hydrogens is 234 g/mol. The Bertz CT molecular complexity index is 333. The molecule has 4 nitrogen and oxygen atoms in total. The van der Waals surface area contributed by atoms with Crippen molar-refractivity contribution in [1.29, 1.82) is 0 Å². The molecule has 1 saturated heterocycles. The number of nitrogens with zero attached hydrogens (tertiary/aromatic N) is 3. The molecule has 0 aromatic carbocycles. The number of aliphatic hydroxyl groups is 1. The van der Waals surface area contributed by atoms with E-state index in [4.69, 9.17) is 11.6 Å². The smallest absolute Gasteiger partial charge is 0.138 e. The van der Waals surface area contributed by atoms with Gasteiger partial charge in [0.2, 0.25) is 0 Å². The van der Waals surface area contributed by atoms with E-state index in [-0.39, 0.29) is 6.10 Å². The van der Waals surface area contributed by atoms with E-state index in [1.165, 1.54) is 11.5 Å². The lowest BCUT2D eigenvalue weighted by atomic mass is 9.96. The number of halogens is 1. The van der Waals surface area contributed by atoms with Gasteiger partial charge in [-0.25, -0.2) is 0 Å². The topological polar surface area (TPSA) is 49.2 Å². The van der Waals surface area contributed by atoms with E-state index in [1.807, 2.05) is 0 Å². The van der Waals surface area contributed by atoms with Gasteiger partial charge in [0.05, 0.1) is 6.10 Å². The summed E-state index contributed by atoms with van der Waals surface area (Å²) in [6, 6.07) is 0. The van der Waals surface area contributed by atoms with Crippen LogP contribution in [0.4, 0.5) is 0 Å². The first-order valence-corrected chi connectivity index (χ1v) is 6.19. The standard InChI is InChI=1S/C9H14ClN3OS/c1-6-2-3-13(5-8(6)14)4-7-9(10)15-12-11-7/h6,8,14H,2-5H2,1H3. The van der Waals surface area contributed by atoms with Crippen molar-refractivity contribution in [2.24, 2.45) is 5.92 Å². The van der Waals surface area contributed by atoms with Gasteiger partial charge in [-0.3, -0.25) is 4.90 Å². The average Bonchev–Trinajstić information content (AvgIpc) is 2.59. The molecule has 1 aromatic rings. The summed E-state index contributed by atoms with van der Waals surface area (Å²) >= 11 is 7.14. The van der Waals surface area contributed by atoms with Gasteiger partial charge >= 0.3 is 0 Å². The maximum absolute atomic E-state index is 9.74. The zero-order valence-electron chi connectivity index (χ0n) is 8.56. The first-order chi connectivity index (χ1) is 7.16. The molecule has 6 heteroatoms. The largest absolute Gasteiger partial charge is 0.392 e. The quantitative estimate of drug-likeness (QED) is 0.858. The fourth-order valence-corrected chi connectivity index (χ4v) is 2.37. The third kappa shape index (κ3) is 2.66. The lowest BCUT2D eigenvalue weighted by Gasteiger charge is -2.33. The molecule has 2 unspecified atom stereocenters. The van der Waals surface area contributed by atoms with Gasteiger partial charge in [-0.05, 0) is 18.9 Å². The van der Waals surface area contributed by atoms with Gasteiger partial charge in [-0.2, -0.15) is 0 Å². The van der Waals surface area contributed by atoms with Crippen molar-refractivity contribution in [3.8, 4) is 0 Å². The number of aromatic nitrogens is 2. The number of likely N-dealkylation sites (tertiary alicyclic amines) is 1. The van der Waals surface area contributed by atoms with E-state index in [0.717, 1.165) is 18.7 Å². The molecular formula is C9H14ClN3OS. The molecule has 1 aliphatic heterocycles. The van der Waals surface area contributed by atoms with Crippen LogP contribution in [0.15, 0.2) is 0 Å². The highest BCUT2D eigenvalue weighted by molar-refractivity contribution is 7.10. The molecule has 0 aliphatic carbocycles. The Labute approximate surface area is 98.0 Å². The highest BCUT2D eigenvalue weighted by Gasteiger charge is 2.25. The maximum atomic E-state index is 9.74. The summed E-state index contributed by atoms with van der Waals surface area (Å²) in [5.41, 5.74) is 0.823. The van der Waals surface area contributed by atoms with E-state index in [1.54, 1.807) is 0 Å². The van der Waals surface area contributed by atoms with Crippen LogP contribution in [0.25, 0.3) is 0 Å². The second-order valence-corrected chi connectivity index (χ2v) is 5.42. The molecule has 1 aliphatic rings. The molecule has 0 radical (unpaired) electrons. The van der Waals surface area contributed by atoms with Gasteiger partial charge in [0, 0.05) is 24.6 Å². The third-order valence-electron chi connectivity index (χ3n) is 2.89. The summed E-state index contributed by atoms with van der Waals surface area (Å²) in [4.78, 5) is 2.17.